The van der Waals surface area contributed by atoms with Crippen molar-refractivity contribution in [3.63, 3.8) is 0 Å². The van der Waals surface area contributed by atoms with Gasteiger partial charge in [-0.2, -0.15) is 0 Å². The summed E-state index contributed by atoms with van der Waals surface area (Å²) in [4.78, 5) is 20.8. The summed E-state index contributed by atoms with van der Waals surface area (Å²) in [6, 6.07) is 5.16. The number of pyridine rings is 1. The lowest BCUT2D eigenvalue weighted by molar-refractivity contribution is -0.223. The molecule has 2 atom stereocenters. The van der Waals surface area contributed by atoms with E-state index >= 15 is 0 Å². The number of aliphatic hydroxyl groups excluding tert-OH is 1. The van der Waals surface area contributed by atoms with Crippen LogP contribution in [0.25, 0.3) is 10.6 Å². The van der Waals surface area contributed by atoms with Crippen LogP contribution in [-0.4, -0.2) is 40.3 Å². The average Bonchev–Trinajstić information content (AvgIpc) is 3.24. The van der Waals surface area contributed by atoms with E-state index in [9.17, 15) is 18.7 Å². The third-order valence-corrected chi connectivity index (χ3v) is 5.36. The molecular weight excluding hydrogens is 416 g/mol. The predicted octanol–water partition coefficient (Wildman–Crippen LogP) is 3.53. The van der Waals surface area contributed by atoms with Crippen LogP contribution in [0.4, 0.5) is 14.5 Å². The molecule has 1 fully saturated rings. The third-order valence-electron chi connectivity index (χ3n) is 4.50. The average molecular weight is 433 g/mol. The van der Waals surface area contributed by atoms with Gasteiger partial charge in [0.25, 0.3) is 5.91 Å². The van der Waals surface area contributed by atoms with Gasteiger partial charge in [0, 0.05) is 17.1 Å². The minimum atomic E-state index is -0.771. The van der Waals surface area contributed by atoms with Crippen LogP contribution in [0.15, 0.2) is 42.0 Å². The molecule has 1 aromatic carbocycles. The minimum Gasteiger partial charge on any atom is -0.394 e. The zero-order chi connectivity index (χ0) is 21.1. The highest BCUT2D eigenvalue weighted by Gasteiger charge is 2.27. The molecule has 1 aliphatic heterocycles. The van der Waals surface area contributed by atoms with Crippen molar-refractivity contribution < 1.29 is 28.2 Å². The Balaban J connectivity index is 1.55. The van der Waals surface area contributed by atoms with E-state index in [1.54, 1.807) is 6.07 Å². The zero-order valence-electron chi connectivity index (χ0n) is 15.5. The number of amides is 1. The summed E-state index contributed by atoms with van der Waals surface area (Å²) in [5.41, 5.74) is 0.610. The number of aliphatic hydroxyl groups is 1. The maximum absolute atomic E-state index is 14.0. The van der Waals surface area contributed by atoms with Crippen molar-refractivity contribution in [3.05, 3.63) is 64.9 Å². The smallest absolute Gasteiger partial charge is 0.275 e. The van der Waals surface area contributed by atoms with Gasteiger partial charge in [-0.05, 0) is 24.6 Å². The molecule has 3 heterocycles. The number of carbonyl (C=O) groups is 1. The molecule has 4 rings (SSSR count). The second-order valence-electron chi connectivity index (χ2n) is 6.48. The number of aromatic nitrogens is 2. The van der Waals surface area contributed by atoms with Gasteiger partial charge in [0.15, 0.2) is 6.29 Å². The number of hydrogen-bond acceptors (Lipinski definition) is 7. The third kappa shape index (κ3) is 4.21. The van der Waals surface area contributed by atoms with Crippen LogP contribution in [0.5, 0.6) is 0 Å². The number of anilines is 1. The maximum Gasteiger partial charge on any atom is 0.275 e. The van der Waals surface area contributed by atoms with E-state index in [1.165, 1.54) is 23.8 Å². The van der Waals surface area contributed by atoms with Gasteiger partial charge in [0.2, 0.25) is 0 Å². The number of nitrogens with one attached hydrogen (secondary N) is 1. The predicted molar refractivity (Wildman–Crippen MR) is 105 cm³/mol. The van der Waals surface area contributed by atoms with E-state index in [2.05, 4.69) is 15.3 Å². The number of hydrogen-bond donors (Lipinski definition) is 2. The molecule has 2 N–H and O–H groups in total. The quantitative estimate of drug-likeness (QED) is 0.640. The second-order valence-corrected chi connectivity index (χ2v) is 7.34. The zero-order valence-corrected chi connectivity index (χ0v) is 16.4. The van der Waals surface area contributed by atoms with Gasteiger partial charge in [-0.25, -0.2) is 13.8 Å². The summed E-state index contributed by atoms with van der Waals surface area (Å²) in [5.74, 6) is -2.08. The van der Waals surface area contributed by atoms with Crippen molar-refractivity contribution in [2.75, 3.05) is 18.5 Å². The van der Waals surface area contributed by atoms with Crippen molar-refractivity contribution >= 4 is 22.9 Å². The summed E-state index contributed by atoms with van der Waals surface area (Å²) in [6.07, 6.45) is 2.40. The number of rotatable bonds is 5. The number of nitrogens with zero attached hydrogens (tertiary/aromatic N) is 2. The second kappa shape index (κ2) is 8.92. The Morgan fingerprint density at radius 3 is 2.87 bits per heavy atom. The van der Waals surface area contributed by atoms with Crippen molar-refractivity contribution in [1.82, 2.24) is 9.97 Å². The van der Waals surface area contributed by atoms with E-state index in [-0.39, 0.29) is 29.0 Å². The van der Waals surface area contributed by atoms with E-state index in [0.29, 0.717) is 24.3 Å². The summed E-state index contributed by atoms with van der Waals surface area (Å²) < 4.78 is 39.3. The molecule has 156 valence electrons. The van der Waals surface area contributed by atoms with Gasteiger partial charge in [-0.1, -0.05) is 6.07 Å². The Labute approximate surface area is 174 Å². The summed E-state index contributed by atoms with van der Waals surface area (Å²) in [5, 5.41) is 13.5. The summed E-state index contributed by atoms with van der Waals surface area (Å²) in [6.45, 7) is 0.260. The Kier molecular flexibility index (Phi) is 6.09. The first-order valence-electron chi connectivity index (χ1n) is 9.10. The minimum absolute atomic E-state index is 0.00571. The number of carbonyl (C=O) groups excluding carboxylic acids is 1. The topological polar surface area (TPSA) is 93.6 Å². The molecule has 1 aliphatic rings. The van der Waals surface area contributed by atoms with E-state index in [1.807, 2.05) is 0 Å². The van der Waals surface area contributed by atoms with Crippen molar-refractivity contribution in [2.45, 2.75) is 18.8 Å². The molecule has 0 saturated carbocycles. The highest BCUT2D eigenvalue weighted by molar-refractivity contribution is 7.13. The molecule has 0 aliphatic carbocycles. The summed E-state index contributed by atoms with van der Waals surface area (Å²) in [7, 11) is 0. The van der Waals surface area contributed by atoms with E-state index in [4.69, 9.17) is 9.47 Å². The molecule has 0 radical (unpaired) electrons. The van der Waals surface area contributed by atoms with Crippen LogP contribution < -0.4 is 5.32 Å². The van der Waals surface area contributed by atoms with Gasteiger partial charge in [-0.3, -0.25) is 9.78 Å². The van der Waals surface area contributed by atoms with Gasteiger partial charge in [-0.15, -0.1) is 11.3 Å². The first kappa shape index (κ1) is 20.5. The summed E-state index contributed by atoms with van der Waals surface area (Å²) >= 11 is 0.961. The maximum atomic E-state index is 14.0. The number of benzene rings is 1. The van der Waals surface area contributed by atoms with E-state index < -0.39 is 23.8 Å². The Morgan fingerprint density at radius 1 is 1.30 bits per heavy atom. The van der Waals surface area contributed by atoms with Crippen LogP contribution in [0.1, 0.15) is 28.8 Å². The molecule has 2 unspecified atom stereocenters. The molecule has 30 heavy (non-hydrogen) atoms. The van der Waals surface area contributed by atoms with Crippen molar-refractivity contribution in [3.8, 4) is 10.6 Å². The fraction of sp³-hybridized carbons (Fsp3) is 0.250. The van der Waals surface area contributed by atoms with Crippen LogP contribution in [-0.2, 0) is 9.47 Å². The molecule has 1 amide bonds. The SMILES string of the molecule is O=C(Nc1cnccc1C1OCCC(CO)O1)c1csc(-c2c(F)cccc2F)n1. The van der Waals surface area contributed by atoms with Crippen molar-refractivity contribution in [1.29, 1.82) is 0 Å². The van der Waals surface area contributed by atoms with Crippen LogP contribution in [0.3, 0.4) is 0 Å². The Morgan fingerprint density at radius 2 is 2.10 bits per heavy atom. The van der Waals surface area contributed by atoms with E-state index in [0.717, 1.165) is 23.5 Å². The highest BCUT2D eigenvalue weighted by atomic mass is 32.1. The fourth-order valence-corrected chi connectivity index (χ4v) is 3.83. The lowest BCUT2D eigenvalue weighted by atomic mass is 10.1. The molecule has 2 aromatic heterocycles. The van der Waals surface area contributed by atoms with Crippen LogP contribution in [0, 0.1) is 11.6 Å². The standard InChI is InChI=1S/C20H17F2N3O4S/c21-13-2-1-3-14(22)17(13)19-25-16(10-30-19)18(27)24-15-8-23-6-4-12(15)20-28-7-5-11(9-26)29-20/h1-4,6,8,10-11,20,26H,5,7,9H2,(H,24,27). The number of ether oxygens (including phenoxy) is 2. The van der Waals surface area contributed by atoms with Crippen molar-refractivity contribution in [2.24, 2.45) is 0 Å². The van der Waals surface area contributed by atoms with Crippen LogP contribution in [0.2, 0.25) is 0 Å². The lowest BCUT2D eigenvalue weighted by Crippen LogP contribution is -2.30. The monoisotopic (exact) mass is 433 g/mol. The first-order chi connectivity index (χ1) is 14.6. The number of halogens is 2. The Bertz CT molecular complexity index is 1040. The molecule has 10 heteroatoms. The van der Waals surface area contributed by atoms with Gasteiger partial charge in [0.05, 0.1) is 36.8 Å². The molecular formula is C20H17F2N3O4S. The molecule has 0 bridgehead atoms. The van der Waals surface area contributed by atoms with Crippen LogP contribution >= 0.6 is 11.3 Å². The molecule has 3 aromatic rings. The largest absolute Gasteiger partial charge is 0.394 e. The lowest BCUT2D eigenvalue weighted by Gasteiger charge is -2.30. The van der Waals surface area contributed by atoms with Gasteiger partial charge in [0.1, 0.15) is 22.3 Å². The number of thiazole rings is 1. The fourth-order valence-electron chi connectivity index (χ4n) is 2.98. The van der Waals surface area contributed by atoms with Gasteiger partial charge >= 0.3 is 0 Å². The molecule has 7 nitrogen and oxygen atoms in total. The normalized spacial score (nSPS) is 18.9. The highest BCUT2D eigenvalue weighted by Crippen LogP contribution is 2.32. The Hall–Kier alpha value is -2.79. The molecule has 0 spiro atoms. The van der Waals surface area contributed by atoms with Gasteiger partial charge < -0.3 is 19.9 Å². The molecule has 1 saturated heterocycles. The first-order valence-corrected chi connectivity index (χ1v) is 9.98.